The minimum Gasteiger partial charge on any atom is -0.338 e. The van der Waals surface area contributed by atoms with Crippen LogP contribution in [-0.4, -0.2) is 16.1 Å². The van der Waals surface area contributed by atoms with Crippen LogP contribution in [0, 0.1) is 0 Å². The molecular formula is C21H22N4O. The topological polar surface area (TPSA) is 66.9 Å². The standard InChI is InChI=1S/C21H22N4O/c1-15(2)17-10-6-7-11-18(17)22-19-12-13-20(25-24-19)23-21(26)14-16-8-4-3-5-9-16/h3-13,15H,14H2,1-2H3,(H,22,24)(H,23,25,26). The highest BCUT2D eigenvalue weighted by atomic mass is 16.1. The van der Waals surface area contributed by atoms with E-state index in [1.54, 1.807) is 6.07 Å². The Morgan fingerprint density at radius 2 is 1.54 bits per heavy atom. The third-order valence-corrected chi connectivity index (χ3v) is 3.99. The molecule has 1 aromatic heterocycles. The van der Waals surface area contributed by atoms with Gasteiger partial charge in [-0.2, -0.15) is 0 Å². The van der Waals surface area contributed by atoms with Gasteiger partial charge in [0.15, 0.2) is 11.6 Å². The van der Waals surface area contributed by atoms with E-state index < -0.39 is 0 Å². The van der Waals surface area contributed by atoms with Gasteiger partial charge in [-0.3, -0.25) is 4.79 Å². The van der Waals surface area contributed by atoms with Crippen LogP contribution in [-0.2, 0) is 11.2 Å². The van der Waals surface area contributed by atoms with E-state index in [9.17, 15) is 4.79 Å². The maximum Gasteiger partial charge on any atom is 0.229 e. The molecule has 5 nitrogen and oxygen atoms in total. The first kappa shape index (κ1) is 17.6. The van der Waals surface area contributed by atoms with Crippen molar-refractivity contribution in [3.05, 3.63) is 77.9 Å². The van der Waals surface area contributed by atoms with Crippen molar-refractivity contribution < 1.29 is 4.79 Å². The monoisotopic (exact) mass is 346 g/mol. The zero-order valence-electron chi connectivity index (χ0n) is 14.9. The van der Waals surface area contributed by atoms with E-state index in [0.717, 1.165) is 11.3 Å². The summed E-state index contributed by atoms with van der Waals surface area (Å²) in [6.45, 7) is 4.30. The smallest absolute Gasteiger partial charge is 0.229 e. The second kappa shape index (κ2) is 8.25. The van der Waals surface area contributed by atoms with Gasteiger partial charge in [-0.25, -0.2) is 0 Å². The molecule has 3 rings (SSSR count). The largest absolute Gasteiger partial charge is 0.338 e. The molecule has 0 aliphatic heterocycles. The summed E-state index contributed by atoms with van der Waals surface area (Å²) in [5, 5.41) is 14.3. The molecule has 0 aliphatic rings. The van der Waals surface area contributed by atoms with Crippen molar-refractivity contribution in [2.75, 3.05) is 10.6 Å². The Balaban J connectivity index is 1.63. The summed E-state index contributed by atoms with van der Waals surface area (Å²) in [6, 6.07) is 21.3. The summed E-state index contributed by atoms with van der Waals surface area (Å²) >= 11 is 0. The molecule has 0 saturated carbocycles. The predicted molar refractivity (Wildman–Crippen MR) is 105 cm³/mol. The van der Waals surface area contributed by atoms with Crippen molar-refractivity contribution in [1.82, 2.24) is 10.2 Å². The van der Waals surface area contributed by atoms with Gasteiger partial charge in [-0.1, -0.05) is 62.4 Å². The molecule has 0 unspecified atom stereocenters. The number of anilines is 3. The molecule has 1 amide bonds. The first-order valence-corrected chi connectivity index (χ1v) is 8.65. The van der Waals surface area contributed by atoms with Gasteiger partial charge in [-0.15, -0.1) is 10.2 Å². The summed E-state index contributed by atoms with van der Waals surface area (Å²) in [5.74, 6) is 1.37. The molecule has 0 aliphatic carbocycles. The van der Waals surface area contributed by atoms with E-state index >= 15 is 0 Å². The minimum atomic E-state index is -0.114. The second-order valence-electron chi connectivity index (χ2n) is 6.38. The molecule has 2 N–H and O–H groups in total. The third-order valence-electron chi connectivity index (χ3n) is 3.99. The summed E-state index contributed by atoms with van der Waals surface area (Å²) in [4.78, 5) is 12.1. The van der Waals surface area contributed by atoms with Crippen LogP contribution in [0.1, 0.15) is 30.9 Å². The molecule has 0 atom stereocenters. The summed E-state index contributed by atoms with van der Waals surface area (Å²) < 4.78 is 0. The summed E-state index contributed by atoms with van der Waals surface area (Å²) in [5.41, 5.74) is 3.19. The zero-order valence-corrected chi connectivity index (χ0v) is 14.9. The van der Waals surface area contributed by atoms with Crippen LogP contribution in [0.3, 0.4) is 0 Å². The molecule has 132 valence electrons. The fourth-order valence-corrected chi connectivity index (χ4v) is 2.69. The van der Waals surface area contributed by atoms with E-state index in [4.69, 9.17) is 0 Å². The normalized spacial score (nSPS) is 10.6. The molecule has 26 heavy (non-hydrogen) atoms. The number of amides is 1. The molecular weight excluding hydrogens is 324 g/mol. The molecule has 3 aromatic rings. The van der Waals surface area contributed by atoms with Gasteiger partial charge in [0.05, 0.1) is 6.42 Å². The highest BCUT2D eigenvalue weighted by molar-refractivity contribution is 5.91. The maximum atomic E-state index is 12.1. The van der Waals surface area contributed by atoms with Gasteiger partial charge in [0.1, 0.15) is 0 Å². The molecule has 5 heteroatoms. The lowest BCUT2D eigenvalue weighted by molar-refractivity contribution is -0.115. The number of hydrogen-bond acceptors (Lipinski definition) is 4. The third kappa shape index (κ3) is 4.66. The van der Waals surface area contributed by atoms with Crippen molar-refractivity contribution in [2.45, 2.75) is 26.2 Å². The fourth-order valence-electron chi connectivity index (χ4n) is 2.69. The first-order chi connectivity index (χ1) is 12.6. The number of hydrogen-bond donors (Lipinski definition) is 2. The SMILES string of the molecule is CC(C)c1ccccc1Nc1ccc(NC(=O)Cc2ccccc2)nn1. The van der Waals surface area contributed by atoms with Crippen molar-refractivity contribution in [2.24, 2.45) is 0 Å². The van der Waals surface area contributed by atoms with E-state index in [2.05, 4.69) is 40.7 Å². The lowest BCUT2D eigenvalue weighted by Crippen LogP contribution is -2.15. The van der Waals surface area contributed by atoms with Crippen molar-refractivity contribution >= 4 is 23.2 Å². The van der Waals surface area contributed by atoms with Crippen LogP contribution in [0.5, 0.6) is 0 Å². The van der Waals surface area contributed by atoms with E-state index in [-0.39, 0.29) is 5.91 Å². The van der Waals surface area contributed by atoms with Crippen LogP contribution < -0.4 is 10.6 Å². The number of benzene rings is 2. The number of nitrogens with one attached hydrogen (secondary N) is 2. The number of carbonyl (C=O) groups excluding carboxylic acids is 1. The highest BCUT2D eigenvalue weighted by Gasteiger charge is 2.08. The van der Waals surface area contributed by atoms with E-state index in [1.165, 1.54) is 5.56 Å². The van der Waals surface area contributed by atoms with Crippen molar-refractivity contribution in [3.8, 4) is 0 Å². The predicted octanol–water partition coefficient (Wildman–Crippen LogP) is 4.52. The Hall–Kier alpha value is -3.21. The number of rotatable bonds is 6. The quantitative estimate of drug-likeness (QED) is 0.688. The first-order valence-electron chi connectivity index (χ1n) is 8.65. The van der Waals surface area contributed by atoms with Crippen LogP contribution in [0.4, 0.5) is 17.3 Å². The van der Waals surface area contributed by atoms with E-state index in [0.29, 0.717) is 24.0 Å². The lowest BCUT2D eigenvalue weighted by Gasteiger charge is -2.13. The Morgan fingerprint density at radius 3 is 2.23 bits per heavy atom. The fraction of sp³-hybridized carbons (Fsp3) is 0.190. The average molecular weight is 346 g/mol. The van der Waals surface area contributed by atoms with Crippen LogP contribution in [0.15, 0.2) is 66.7 Å². The Kier molecular flexibility index (Phi) is 5.59. The van der Waals surface area contributed by atoms with Crippen LogP contribution in [0.2, 0.25) is 0 Å². The van der Waals surface area contributed by atoms with Gasteiger partial charge in [-0.05, 0) is 35.2 Å². The summed E-state index contributed by atoms with van der Waals surface area (Å²) in [7, 11) is 0. The van der Waals surface area contributed by atoms with Crippen LogP contribution >= 0.6 is 0 Å². The lowest BCUT2D eigenvalue weighted by atomic mass is 10.0. The summed E-state index contributed by atoms with van der Waals surface area (Å²) in [6.07, 6.45) is 0.310. The number of nitrogens with zero attached hydrogens (tertiary/aromatic N) is 2. The van der Waals surface area contributed by atoms with Gasteiger partial charge in [0.25, 0.3) is 0 Å². The Bertz CT molecular complexity index is 861. The van der Waals surface area contributed by atoms with Crippen molar-refractivity contribution in [1.29, 1.82) is 0 Å². The average Bonchev–Trinajstić information content (AvgIpc) is 2.64. The molecule has 1 heterocycles. The van der Waals surface area contributed by atoms with Crippen LogP contribution in [0.25, 0.3) is 0 Å². The maximum absolute atomic E-state index is 12.1. The van der Waals surface area contributed by atoms with Gasteiger partial charge in [0, 0.05) is 5.69 Å². The second-order valence-corrected chi connectivity index (χ2v) is 6.38. The number of aromatic nitrogens is 2. The number of para-hydroxylation sites is 1. The molecule has 0 saturated heterocycles. The molecule has 0 bridgehead atoms. The molecule has 0 radical (unpaired) electrons. The van der Waals surface area contributed by atoms with Crippen molar-refractivity contribution in [3.63, 3.8) is 0 Å². The minimum absolute atomic E-state index is 0.114. The van der Waals surface area contributed by atoms with Gasteiger partial charge >= 0.3 is 0 Å². The Morgan fingerprint density at radius 1 is 0.885 bits per heavy atom. The van der Waals surface area contributed by atoms with Gasteiger partial charge in [0.2, 0.25) is 5.91 Å². The molecule has 0 fully saturated rings. The Labute approximate surface area is 153 Å². The van der Waals surface area contributed by atoms with E-state index in [1.807, 2.05) is 54.6 Å². The van der Waals surface area contributed by atoms with Gasteiger partial charge < -0.3 is 10.6 Å². The molecule has 2 aromatic carbocycles. The highest BCUT2D eigenvalue weighted by Crippen LogP contribution is 2.26. The molecule has 0 spiro atoms. The number of carbonyl (C=O) groups is 1. The zero-order chi connectivity index (χ0) is 18.4.